The van der Waals surface area contributed by atoms with Crippen LogP contribution in [0, 0.1) is 19.7 Å². The van der Waals surface area contributed by atoms with Crippen molar-refractivity contribution in [3.05, 3.63) is 83.2 Å². The van der Waals surface area contributed by atoms with Crippen molar-refractivity contribution in [1.82, 2.24) is 14.5 Å². The maximum absolute atomic E-state index is 14.6. The normalized spacial score (nSPS) is 23.4. The van der Waals surface area contributed by atoms with Crippen molar-refractivity contribution >= 4 is 16.9 Å². The summed E-state index contributed by atoms with van der Waals surface area (Å²) in [6.45, 7) is 7.31. The second-order valence-corrected chi connectivity index (χ2v) is 9.16. The number of halogens is 1. The molecule has 1 aromatic carbocycles. The lowest BCUT2D eigenvalue weighted by Crippen LogP contribution is -2.28. The fourth-order valence-electron chi connectivity index (χ4n) is 4.54. The highest BCUT2D eigenvalue weighted by Crippen LogP contribution is 2.48. The number of amidine groups is 1. The van der Waals surface area contributed by atoms with Crippen molar-refractivity contribution in [2.24, 2.45) is 4.99 Å². The van der Waals surface area contributed by atoms with E-state index in [1.807, 2.05) is 59.8 Å². The molecule has 0 amide bonds. The number of pyridine rings is 1. The first-order valence-electron chi connectivity index (χ1n) is 9.90. The van der Waals surface area contributed by atoms with Gasteiger partial charge in [-0.15, -0.1) is 0 Å². The number of nitrogens with zero attached hydrogens (tertiary/aromatic N) is 4. The van der Waals surface area contributed by atoms with Crippen molar-refractivity contribution < 1.29 is 4.39 Å². The van der Waals surface area contributed by atoms with E-state index in [-0.39, 0.29) is 17.9 Å². The van der Waals surface area contributed by atoms with Crippen LogP contribution >= 0.6 is 11.8 Å². The Morgan fingerprint density at radius 2 is 1.90 bits per heavy atom. The first-order chi connectivity index (χ1) is 14.0. The summed E-state index contributed by atoms with van der Waals surface area (Å²) in [5.74, 6) is -0.212. The number of thioether (sulfide) groups is 1. The molecule has 4 heterocycles. The van der Waals surface area contributed by atoms with E-state index in [0.717, 1.165) is 28.8 Å². The minimum absolute atomic E-state index is 0.0548. The number of rotatable bonds is 3. The van der Waals surface area contributed by atoms with E-state index in [0.29, 0.717) is 10.9 Å². The lowest BCUT2D eigenvalue weighted by atomic mass is 9.96. The molecule has 2 aliphatic rings. The molecule has 0 radical (unpaired) electrons. The molecule has 1 saturated heterocycles. The molecule has 3 atom stereocenters. The van der Waals surface area contributed by atoms with Gasteiger partial charge in [0.15, 0.2) is 5.17 Å². The van der Waals surface area contributed by atoms with Crippen LogP contribution < -0.4 is 0 Å². The average Bonchev–Trinajstić information content (AvgIpc) is 3.33. The molecule has 4 nitrogen and oxygen atoms in total. The molecule has 0 spiro atoms. The second-order valence-electron chi connectivity index (χ2n) is 7.75. The van der Waals surface area contributed by atoms with Crippen LogP contribution in [0.4, 0.5) is 4.39 Å². The molecule has 0 aliphatic carbocycles. The van der Waals surface area contributed by atoms with Crippen LogP contribution in [0.5, 0.6) is 0 Å². The van der Waals surface area contributed by atoms with Gasteiger partial charge >= 0.3 is 0 Å². The molecular formula is C23H23FN4S. The number of hydrogen-bond acceptors (Lipinski definition) is 4. The van der Waals surface area contributed by atoms with Crippen molar-refractivity contribution in [2.45, 2.75) is 38.1 Å². The number of benzene rings is 1. The molecule has 2 aliphatic heterocycles. The number of aliphatic imine (C=N–C) groups is 1. The molecular weight excluding hydrogens is 383 g/mol. The van der Waals surface area contributed by atoms with Crippen LogP contribution in [0.25, 0.3) is 5.69 Å². The Hall–Kier alpha value is -2.60. The Labute approximate surface area is 174 Å². The molecule has 0 N–H and O–H groups in total. The van der Waals surface area contributed by atoms with Crippen LogP contribution in [0.1, 0.15) is 41.7 Å². The molecule has 148 valence electrons. The lowest BCUT2D eigenvalue weighted by molar-refractivity contribution is 0.320. The standard InChI is InChI=1S/C23H23FN4S/c1-14-12-17(16(3)28(14)20-10-5-4-8-18(20)24)22-21(19-9-6-7-11-25-19)26-23-27(22)13-15(2)29-23/h4-12,15,21-22H,13H2,1-3H3/t15-,21-,22-/m1/s1. The van der Waals surface area contributed by atoms with Crippen molar-refractivity contribution in [2.75, 3.05) is 6.54 Å². The minimum atomic E-state index is -0.212. The summed E-state index contributed by atoms with van der Waals surface area (Å²) in [5, 5.41) is 1.60. The van der Waals surface area contributed by atoms with E-state index in [9.17, 15) is 4.39 Å². The van der Waals surface area contributed by atoms with E-state index < -0.39 is 0 Å². The number of aryl methyl sites for hydroxylation is 1. The summed E-state index contributed by atoms with van der Waals surface area (Å²) in [5.41, 5.74) is 4.83. The third kappa shape index (κ3) is 2.97. The van der Waals surface area contributed by atoms with Gasteiger partial charge in [-0.1, -0.05) is 36.9 Å². The first kappa shape index (κ1) is 18.4. The van der Waals surface area contributed by atoms with Crippen LogP contribution in [0.2, 0.25) is 0 Å². The van der Waals surface area contributed by atoms with Crippen LogP contribution in [-0.2, 0) is 0 Å². The Morgan fingerprint density at radius 3 is 2.66 bits per heavy atom. The maximum atomic E-state index is 14.6. The predicted octanol–water partition coefficient (Wildman–Crippen LogP) is 5.22. The monoisotopic (exact) mass is 406 g/mol. The smallest absolute Gasteiger partial charge is 0.160 e. The van der Waals surface area contributed by atoms with E-state index in [2.05, 4.69) is 29.8 Å². The summed E-state index contributed by atoms with van der Waals surface area (Å²) in [4.78, 5) is 12.1. The highest BCUT2D eigenvalue weighted by atomic mass is 32.2. The zero-order valence-corrected chi connectivity index (χ0v) is 17.5. The molecule has 2 aromatic heterocycles. The van der Waals surface area contributed by atoms with Gasteiger partial charge in [-0.3, -0.25) is 9.98 Å². The Morgan fingerprint density at radius 1 is 1.10 bits per heavy atom. The third-order valence-electron chi connectivity index (χ3n) is 5.76. The Bertz CT molecular complexity index is 1090. The van der Waals surface area contributed by atoms with Crippen LogP contribution in [0.3, 0.4) is 0 Å². The summed E-state index contributed by atoms with van der Waals surface area (Å²) in [7, 11) is 0. The first-order valence-corrected chi connectivity index (χ1v) is 10.8. The highest BCUT2D eigenvalue weighted by Gasteiger charge is 2.44. The van der Waals surface area contributed by atoms with Gasteiger partial charge in [-0.25, -0.2) is 4.39 Å². The maximum Gasteiger partial charge on any atom is 0.160 e. The minimum Gasteiger partial charge on any atom is -0.341 e. The van der Waals surface area contributed by atoms with Crippen molar-refractivity contribution in [1.29, 1.82) is 0 Å². The fourth-order valence-corrected chi connectivity index (χ4v) is 5.64. The van der Waals surface area contributed by atoms with Gasteiger partial charge in [0.25, 0.3) is 0 Å². The van der Waals surface area contributed by atoms with Gasteiger partial charge in [0.05, 0.1) is 17.4 Å². The zero-order chi connectivity index (χ0) is 20.1. The zero-order valence-electron chi connectivity index (χ0n) is 16.7. The van der Waals surface area contributed by atoms with Gasteiger partial charge < -0.3 is 9.47 Å². The predicted molar refractivity (Wildman–Crippen MR) is 116 cm³/mol. The van der Waals surface area contributed by atoms with Gasteiger partial charge in [-0.05, 0) is 49.7 Å². The molecule has 1 fully saturated rings. The van der Waals surface area contributed by atoms with Gasteiger partial charge in [0.1, 0.15) is 11.9 Å². The summed E-state index contributed by atoms with van der Waals surface area (Å²) in [6.07, 6.45) is 1.83. The average molecular weight is 407 g/mol. The topological polar surface area (TPSA) is 33.4 Å². The Kier molecular flexibility index (Phi) is 4.46. The number of aromatic nitrogens is 2. The van der Waals surface area contributed by atoms with E-state index in [4.69, 9.17) is 4.99 Å². The molecule has 3 aromatic rings. The third-order valence-corrected chi connectivity index (χ3v) is 6.87. The molecule has 5 rings (SSSR count). The molecule has 0 unspecified atom stereocenters. The van der Waals surface area contributed by atoms with Crippen molar-refractivity contribution in [3.8, 4) is 5.69 Å². The summed E-state index contributed by atoms with van der Waals surface area (Å²) in [6, 6.07) is 15.2. The fraction of sp³-hybridized carbons (Fsp3) is 0.304. The number of fused-ring (bicyclic) bond motifs is 1. The lowest BCUT2D eigenvalue weighted by Gasteiger charge is -2.27. The largest absolute Gasteiger partial charge is 0.341 e. The second kappa shape index (κ2) is 7.02. The number of hydrogen-bond donors (Lipinski definition) is 0. The molecule has 0 saturated carbocycles. The molecule has 0 bridgehead atoms. The highest BCUT2D eigenvalue weighted by molar-refractivity contribution is 8.14. The van der Waals surface area contributed by atoms with E-state index >= 15 is 0 Å². The van der Waals surface area contributed by atoms with Crippen LogP contribution in [0.15, 0.2) is 59.7 Å². The van der Waals surface area contributed by atoms with E-state index in [1.54, 1.807) is 6.07 Å². The van der Waals surface area contributed by atoms with E-state index in [1.165, 1.54) is 11.6 Å². The molecule has 29 heavy (non-hydrogen) atoms. The van der Waals surface area contributed by atoms with Crippen molar-refractivity contribution in [3.63, 3.8) is 0 Å². The summed E-state index contributed by atoms with van der Waals surface area (Å²) < 4.78 is 16.6. The quantitative estimate of drug-likeness (QED) is 0.598. The van der Waals surface area contributed by atoms with Gasteiger partial charge in [0.2, 0.25) is 0 Å². The van der Waals surface area contributed by atoms with Crippen LogP contribution in [-0.4, -0.2) is 31.4 Å². The van der Waals surface area contributed by atoms with Gasteiger partial charge in [0, 0.05) is 29.4 Å². The Balaban J connectivity index is 1.64. The SMILES string of the molecule is Cc1cc([C@@H]2[C@@H](c3ccccn3)N=C3S[C@H](C)CN32)c(C)n1-c1ccccc1F. The van der Waals surface area contributed by atoms with Gasteiger partial charge in [-0.2, -0.15) is 0 Å². The number of para-hydroxylation sites is 1. The summed E-state index contributed by atoms with van der Waals surface area (Å²) >= 11 is 1.83. The molecule has 6 heteroatoms.